The number of imidazole rings is 1. The van der Waals surface area contributed by atoms with Gasteiger partial charge in [0.05, 0.1) is 55.6 Å². The van der Waals surface area contributed by atoms with Gasteiger partial charge >= 0.3 is 5.97 Å². The van der Waals surface area contributed by atoms with E-state index in [0.717, 1.165) is 67.8 Å². The number of esters is 1. The summed E-state index contributed by atoms with van der Waals surface area (Å²) in [7, 11) is 2.86. The fourth-order valence-electron chi connectivity index (χ4n) is 5.95. The lowest BCUT2D eigenvalue weighted by molar-refractivity contribution is -0.0590. The highest BCUT2D eigenvalue weighted by molar-refractivity contribution is 6.01. The molecule has 2 atom stereocenters. The average Bonchev–Trinajstić information content (AvgIpc) is 3.87. The summed E-state index contributed by atoms with van der Waals surface area (Å²) in [6.45, 7) is 4.82. The number of carbonyl (C=O) groups is 2. The molecule has 1 aliphatic heterocycles. The normalized spacial score (nSPS) is 16.5. The second-order valence-electron chi connectivity index (χ2n) is 12.2. The summed E-state index contributed by atoms with van der Waals surface area (Å²) in [5.41, 5.74) is 3.68. The van der Waals surface area contributed by atoms with Gasteiger partial charge in [0.2, 0.25) is 5.88 Å². The number of benzene rings is 2. The molecule has 2 unspecified atom stereocenters. The Bertz CT molecular complexity index is 1750. The van der Waals surface area contributed by atoms with Crippen molar-refractivity contribution in [2.45, 2.75) is 70.7 Å². The fraction of sp³-hybridized carbons (Fsp3) is 0.444. The van der Waals surface area contributed by atoms with Crippen LogP contribution in [0, 0.1) is 11.7 Å². The molecule has 2 aliphatic rings. The van der Waals surface area contributed by atoms with Crippen LogP contribution < -0.4 is 14.8 Å². The zero-order valence-electron chi connectivity index (χ0n) is 27.1. The number of pyridine rings is 1. The Labute approximate surface area is 273 Å². The van der Waals surface area contributed by atoms with Crippen molar-refractivity contribution in [1.29, 1.82) is 0 Å². The van der Waals surface area contributed by atoms with Gasteiger partial charge in [-0.05, 0) is 75.0 Å². The van der Waals surface area contributed by atoms with Gasteiger partial charge in [0.25, 0.3) is 0 Å². The standard InChI is InChI=1S/C36H41FN4O6/c1-4-22(12-14-38-19-33-39-30-11-10-24(36(43)45-3)16-31(30)41(33)20-26-13-15-46-26)29-6-5-7-34(40-29)47-21-25-17-32(44-2)27(18-28(25)37)35(42)23-8-9-23/h5-7,10-11,16-18,22-23,26,38H,4,8-9,12-15,19-21H2,1-3H3. The number of Topliss-reactive ketones (excluding diaryl/α,β-unsaturated/α-hetero) is 1. The van der Waals surface area contributed by atoms with Gasteiger partial charge in [0.15, 0.2) is 5.78 Å². The summed E-state index contributed by atoms with van der Waals surface area (Å²) >= 11 is 0. The van der Waals surface area contributed by atoms with E-state index in [1.54, 1.807) is 18.2 Å². The molecule has 2 aromatic heterocycles. The number of fused-ring (bicyclic) bond motifs is 1. The minimum atomic E-state index is -0.499. The van der Waals surface area contributed by atoms with Crippen LogP contribution in [0.4, 0.5) is 4.39 Å². The summed E-state index contributed by atoms with van der Waals surface area (Å²) < 4.78 is 39.0. The molecule has 0 spiro atoms. The van der Waals surface area contributed by atoms with E-state index in [1.165, 1.54) is 20.3 Å². The van der Waals surface area contributed by atoms with E-state index in [4.69, 9.17) is 28.9 Å². The highest BCUT2D eigenvalue weighted by Gasteiger charge is 2.33. The molecule has 11 heteroatoms. The Balaban J connectivity index is 1.07. The fourth-order valence-corrected chi connectivity index (χ4v) is 5.95. The number of carbonyl (C=O) groups excluding carboxylic acids is 2. The van der Waals surface area contributed by atoms with E-state index < -0.39 is 5.82 Å². The quantitative estimate of drug-likeness (QED) is 0.0891. The van der Waals surface area contributed by atoms with E-state index in [-0.39, 0.29) is 41.9 Å². The van der Waals surface area contributed by atoms with Crippen molar-refractivity contribution in [2.75, 3.05) is 27.4 Å². The maximum Gasteiger partial charge on any atom is 0.337 e. The lowest BCUT2D eigenvalue weighted by atomic mass is 9.98. The smallest absolute Gasteiger partial charge is 0.337 e. The molecule has 6 rings (SSSR count). The number of rotatable bonds is 16. The van der Waals surface area contributed by atoms with Gasteiger partial charge < -0.3 is 28.8 Å². The Morgan fingerprint density at radius 3 is 2.64 bits per heavy atom. The van der Waals surface area contributed by atoms with Crippen LogP contribution in [0.15, 0.2) is 48.5 Å². The first-order valence-electron chi connectivity index (χ1n) is 16.3. The van der Waals surface area contributed by atoms with Crippen molar-refractivity contribution in [1.82, 2.24) is 19.9 Å². The molecule has 0 radical (unpaired) electrons. The van der Waals surface area contributed by atoms with Crippen LogP contribution in [0.5, 0.6) is 11.6 Å². The molecule has 2 aromatic carbocycles. The average molecular weight is 645 g/mol. The topological polar surface area (TPSA) is 114 Å². The van der Waals surface area contributed by atoms with Crippen molar-refractivity contribution in [2.24, 2.45) is 5.92 Å². The highest BCUT2D eigenvalue weighted by Crippen LogP contribution is 2.36. The highest BCUT2D eigenvalue weighted by atomic mass is 19.1. The van der Waals surface area contributed by atoms with Crippen molar-refractivity contribution in [3.8, 4) is 11.6 Å². The second-order valence-corrected chi connectivity index (χ2v) is 12.2. The lowest BCUT2D eigenvalue weighted by Gasteiger charge is -2.27. The van der Waals surface area contributed by atoms with Crippen molar-refractivity contribution < 1.29 is 32.9 Å². The maximum atomic E-state index is 15.0. The van der Waals surface area contributed by atoms with Crippen LogP contribution in [-0.4, -0.2) is 59.8 Å². The van der Waals surface area contributed by atoms with E-state index in [2.05, 4.69) is 16.8 Å². The number of hydrogen-bond donors (Lipinski definition) is 1. The molecule has 4 aromatic rings. The zero-order valence-corrected chi connectivity index (χ0v) is 27.1. The number of nitrogens with zero attached hydrogens (tertiary/aromatic N) is 3. The lowest BCUT2D eigenvalue weighted by Crippen LogP contribution is -2.32. The third kappa shape index (κ3) is 7.47. The predicted octanol–water partition coefficient (Wildman–Crippen LogP) is 6.00. The van der Waals surface area contributed by atoms with Crippen LogP contribution >= 0.6 is 0 Å². The Morgan fingerprint density at radius 2 is 1.94 bits per heavy atom. The minimum absolute atomic E-state index is 0.0303. The number of halogens is 1. The summed E-state index contributed by atoms with van der Waals surface area (Å²) in [4.78, 5) is 34.3. The molecule has 1 saturated heterocycles. The van der Waals surface area contributed by atoms with Crippen LogP contribution in [0.1, 0.15) is 82.7 Å². The summed E-state index contributed by atoms with van der Waals surface area (Å²) in [5, 5.41) is 3.54. The molecule has 3 heterocycles. The first-order chi connectivity index (χ1) is 22.9. The molecule has 1 saturated carbocycles. The van der Waals surface area contributed by atoms with Gasteiger partial charge in [0.1, 0.15) is 24.0 Å². The van der Waals surface area contributed by atoms with Gasteiger partial charge in [-0.15, -0.1) is 0 Å². The molecule has 10 nitrogen and oxygen atoms in total. The number of aromatic nitrogens is 3. The molecule has 1 aliphatic carbocycles. The number of hydrogen-bond acceptors (Lipinski definition) is 9. The van der Waals surface area contributed by atoms with E-state index in [9.17, 15) is 14.0 Å². The van der Waals surface area contributed by atoms with E-state index in [1.807, 2.05) is 24.3 Å². The van der Waals surface area contributed by atoms with Gasteiger partial charge in [0, 0.05) is 35.8 Å². The SMILES string of the molecule is CCC(CCNCc1nc2ccc(C(=O)OC)cc2n1CC1CCO1)c1cccc(OCc2cc(OC)c(C(=O)C3CC3)cc2F)n1. The summed E-state index contributed by atoms with van der Waals surface area (Å²) in [6, 6.07) is 13.9. The third-order valence-corrected chi connectivity index (χ3v) is 8.99. The predicted molar refractivity (Wildman–Crippen MR) is 173 cm³/mol. The molecular formula is C36H41FN4O6. The van der Waals surface area contributed by atoms with Crippen LogP contribution in [0.25, 0.3) is 11.0 Å². The van der Waals surface area contributed by atoms with Crippen molar-refractivity contribution in [3.05, 3.63) is 82.6 Å². The molecule has 248 valence electrons. The van der Waals surface area contributed by atoms with Crippen LogP contribution in [0.2, 0.25) is 0 Å². The number of nitrogens with one attached hydrogen (secondary N) is 1. The first kappa shape index (κ1) is 32.6. The molecular weight excluding hydrogens is 603 g/mol. The zero-order chi connectivity index (χ0) is 32.9. The minimum Gasteiger partial charge on any atom is -0.496 e. The van der Waals surface area contributed by atoms with Gasteiger partial charge in [-0.2, -0.15) is 0 Å². The maximum absolute atomic E-state index is 15.0. The largest absolute Gasteiger partial charge is 0.496 e. The second kappa shape index (κ2) is 14.6. The Morgan fingerprint density at radius 1 is 1.11 bits per heavy atom. The first-order valence-corrected chi connectivity index (χ1v) is 16.3. The molecule has 1 N–H and O–H groups in total. The Kier molecular flexibility index (Phi) is 10.1. The van der Waals surface area contributed by atoms with Gasteiger partial charge in [-0.25, -0.2) is 19.2 Å². The van der Waals surface area contributed by atoms with Crippen LogP contribution in [0.3, 0.4) is 0 Å². The number of ether oxygens (including phenoxy) is 4. The molecule has 47 heavy (non-hydrogen) atoms. The van der Waals surface area contributed by atoms with E-state index in [0.29, 0.717) is 35.8 Å². The molecule has 2 fully saturated rings. The summed E-state index contributed by atoms with van der Waals surface area (Å²) in [6.07, 6.45) is 4.53. The number of methoxy groups -OCH3 is 2. The number of ketones is 1. The van der Waals surface area contributed by atoms with Crippen molar-refractivity contribution in [3.63, 3.8) is 0 Å². The third-order valence-electron chi connectivity index (χ3n) is 8.99. The van der Waals surface area contributed by atoms with Crippen molar-refractivity contribution >= 4 is 22.8 Å². The Hall–Kier alpha value is -4.35. The van der Waals surface area contributed by atoms with Gasteiger partial charge in [-0.1, -0.05) is 13.0 Å². The molecule has 0 bridgehead atoms. The van der Waals surface area contributed by atoms with Crippen LogP contribution in [-0.2, 0) is 29.2 Å². The van der Waals surface area contributed by atoms with E-state index >= 15 is 0 Å². The summed E-state index contributed by atoms with van der Waals surface area (Å²) in [5.74, 6) is 0.852. The monoisotopic (exact) mass is 644 g/mol. The molecule has 0 amide bonds. The van der Waals surface area contributed by atoms with Gasteiger partial charge in [-0.3, -0.25) is 4.79 Å².